The number of hydrogen-bond donors (Lipinski definition) is 1. The smallest absolute Gasteiger partial charge is 0.257 e. The van der Waals surface area contributed by atoms with Crippen molar-refractivity contribution in [2.75, 3.05) is 19.7 Å². The van der Waals surface area contributed by atoms with Crippen molar-refractivity contribution in [3.8, 4) is 0 Å². The second-order valence-corrected chi connectivity index (χ2v) is 9.57. The molecule has 8 nitrogen and oxygen atoms in total. The van der Waals surface area contributed by atoms with Crippen molar-refractivity contribution in [3.63, 3.8) is 0 Å². The van der Waals surface area contributed by atoms with Crippen LogP contribution in [-0.2, 0) is 16.1 Å². The lowest BCUT2D eigenvalue weighted by Gasteiger charge is -2.44. The number of nitrogens with zero attached hydrogens (tertiary/aromatic N) is 3. The van der Waals surface area contributed by atoms with Gasteiger partial charge in [-0.25, -0.2) is 4.39 Å². The molecule has 0 bridgehead atoms. The number of aryl methyl sites for hydroxylation is 1. The number of carbonyl (C=O) groups excluding carboxylic acids is 3. The lowest BCUT2D eigenvalue weighted by molar-refractivity contribution is -0.128. The molecule has 38 heavy (non-hydrogen) atoms. The minimum Gasteiger partial charge on any atom is -0.353 e. The Bertz CT molecular complexity index is 1340. The molecular weight excluding hydrogens is 487 g/mol. The summed E-state index contributed by atoms with van der Waals surface area (Å²) in [5, 5.41) is 2.89. The molecule has 1 atom stereocenters. The minimum atomic E-state index is -1.06. The van der Waals surface area contributed by atoms with Gasteiger partial charge in [0, 0.05) is 37.7 Å². The molecule has 2 aliphatic heterocycles. The van der Waals surface area contributed by atoms with Gasteiger partial charge in [0.25, 0.3) is 11.8 Å². The molecule has 0 saturated carbocycles. The Morgan fingerprint density at radius 3 is 2.34 bits per heavy atom. The van der Waals surface area contributed by atoms with Gasteiger partial charge in [0.1, 0.15) is 17.6 Å². The molecule has 1 aromatic heterocycles. The van der Waals surface area contributed by atoms with E-state index in [1.54, 1.807) is 40.3 Å². The molecule has 2 saturated heterocycles. The molecule has 2 aromatic carbocycles. The molecule has 9 heteroatoms. The van der Waals surface area contributed by atoms with Crippen molar-refractivity contribution in [2.24, 2.45) is 0 Å². The van der Waals surface area contributed by atoms with Crippen molar-refractivity contribution in [1.82, 2.24) is 20.1 Å². The highest BCUT2D eigenvalue weighted by Crippen LogP contribution is 2.39. The quantitative estimate of drug-likeness (QED) is 0.562. The van der Waals surface area contributed by atoms with Crippen molar-refractivity contribution in [2.45, 2.75) is 38.1 Å². The zero-order valence-corrected chi connectivity index (χ0v) is 21.1. The molecule has 2 aliphatic rings. The maximum atomic E-state index is 14.2. The number of halogens is 1. The van der Waals surface area contributed by atoms with Crippen LogP contribution in [0.3, 0.4) is 0 Å². The van der Waals surface area contributed by atoms with Gasteiger partial charge < -0.3 is 15.0 Å². The average Bonchev–Trinajstić information content (AvgIpc) is 3.31. The number of hydrogen-bond acceptors (Lipinski definition) is 5. The first-order chi connectivity index (χ1) is 18.4. The van der Waals surface area contributed by atoms with E-state index < -0.39 is 23.5 Å². The van der Waals surface area contributed by atoms with Gasteiger partial charge in [-0.05, 0) is 42.8 Å². The first-order valence-corrected chi connectivity index (χ1v) is 12.6. The topological polar surface area (TPSA) is 91.8 Å². The van der Waals surface area contributed by atoms with Crippen LogP contribution in [0.1, 0.15) is 44.8 Å². The molecule has 5 rings (SSSR count). The third-order valence-electron chi connectivity index (χ3n) is 7.26. The van der Waals surface area contributed by atoms with E-state index in [-0.39, 0.29) is 43.6 Å². The number of ether oxygens (including phenoxy) is 1. The predicted octanol–water partition coefficient (Wildman–Crippen LogP) is 3.32. The maximum Gasteiger partial charge on any atom is 0.257 e. The number of rotatable bonds is 5. The van der Waals surface area contributed by atoms with Crippen molar-refractivity contribution in [1.29, 1.82) is 0 Å². The van der Waals surface area contributed by atoms with Crippen LogP contribution in [-0.4, -0.2) is 64.0 Å². The number of benzene rings is 2. The van der Waals surface area contributed by atoms with E-state index in [1.807, 2.05) is 31.2 Å². The number of nitrogens with one attached hydrogen (secondary N) is 1. The van der Waals surface area contributed by atoms with E-state index in [1.165, 1.54) is 18.2 Å². The Morgan fingerprint density at radius 1 is 0.974 bits per heavy atom. The third-order valence-corrected chi connectivity index (χ3v) is 7.26. The Labute approximate surface area is 220 Å². The second kappa shape index (κ2) is 10.7. The van der Waals surface area contributed by atoms with E-state index in [2.05, 4.69) is 10.3 Å². The monoisotopic (exact) mass is 516 g/mol. The number of amides is 3. The summed E-state index contributed by atoms with van der Waals surface area (Å²) in [4.78, 5) is 47.6. The largest absolute Gasteiger partial charge is 0.353 e. The fourth-order valence-corrected chi connectivity index (χ4v) is 5.17. The third kappa shape index (κ3) is 4.89. The van der Waals surface area contributed by atoms with E-state index >= 15 is 0 Å². The highest BCUT2D eigenvalue weighted by Gasteiger charge is 2.54. The SMILES string of the molecule is Cc1ccccc1C(=O)N1[C@H](C(=O)NCc2ccccn2)COC12CCN(C(=O)c1ccccc1F)CC2. The second-order valence-electron chi connectivity index (χ2n) is 9.57. The van der Waals surface area contributed by atoms with E-state index in [0.29, 0.717) is 24.1 Å². The van der Waals surface area contributed by atoms with Crippen LogP contribution < -0.4 is 5.32 Å². The first-order valence-electron chi connectivity index (χ1n) is 12.6. The lowest BCUT2D eigenvalue weighted by Crippen LogP contribution is -2.60. The maximum absolute atomic E-state index is 14.2. The molecule has 196 valence electrons. The zero-order valence-electron chi connectivity index (χ0n) is 21.1. The van der Waals surface area contributed by atoms with E-state index in [0.717, 1.165) is 5.56 Å². The normalized spacial score (nSPS) is 18.4. The van der Waals surface area contributed by atoms with Gasteiger partial charge in [0.05, 0.1) is 24.4 Å². The number of likely N-dealkylation sites (tertiary alicyclic amines) is 1. The summed E-state index contributed by atoms with van der Waals surface area (Å²) in [6.07, 6.45) is 2.25. The van der Waals surface area contributed by atoms with Crippen molar-refractivity contribution in [3.05, 3.63) is 101 Å². The fraction of sp³-hybridized carbons (Fsp3) is 0.310. The minimum absolute atomic E-state index is 0.00964. The van der Waals surface area contributed by atoms with Gasteiger partial charge in [0.2, 0.25) is 5.91 Å². The molecule has 3 amide bonds. The molecule has 1 N–H and O–H groups in total. The number of pyridine rings is 1. The van der Waals surface area contributed by atoms with Gasteiger partial charge in [-0.15, -0.1) is 0 Å². The van der Waals surface area contributed by atoms with Crippen LogP contribution in [0.15, 0.2) is 72.9 Å². The number of carbonyl (C=O) groups is 3. The summed E-state index contributed by atoms with van der Waals surface area (Å²) in [6, 6.07) is 17.7. The molecule has 2 fully saturated rings. The molecule has 0 unspecified atom stereocenters. The summed E-state index contributed by atoms with van der Waals surface area (Å²) in [7, 11) is 0. The predicted molar refractivity (Wildman–Crippen MR) is 137 cm³/mol. The van der Waals surface area contributed by atoms with Crippen LogP contribution >= 0.6 is 0 Å². The molecular formula is C29H29FN4O4. The van der Waals surface area contributed by atoms with E-state index in [9.17, 15) is 18.8 Å². The van der Waals surface area contributed by atoms with Gasteiger partial charge >= 0.3 is 0 Å². The van der Waals surface area contributed by atoms with Crippen LogP contribution in [0.25, 0.3) is 0 Å². The van der Waals surface area contributed by atoms with Crippen molar-refractivity contribution >= 4 is 17.7 Å². The number of aromatic nitrogens is 1. The van der Waals surface area contributed by atoms with Gasteiger partial charge in [-0.3, -0.25) is 24.3 Å². The standard InChI is InChI=1S/C29H29FN4O4/c1-20-8-2-3-10-22(20)28(37)34-25(26(35)32-18-21-9-6-7-15-31-21)19-38-29(34)13-16-33(17-14-29)27(36)23-11-4-5-12-24(23)30/h2-12,15,25H,13-14,16-19H2,1H3,(H,32,35)/t25-/m0/s1. The summed E-state index contributed by atoms with van der Waals surface area (Å²) in [5.41, 5.74) is 0.934. The Balaban J connectivity index is 1.38. The highest BCUT2D eigenvalue weighted by molar-refractivity contribution is 5.99. The van der Waals surface area contributed by atoms with Crippen LogP contribution in [0.4, 0.5) is 4.39 Å². The van der Waals surface area contributed by atoms with Gasteiger partial charge in [-0.2, -0.15) is 0 Å². The molecule has 0 radical (unpaired) electrons. The summed E-state index contributed by atoms with van der Waals surface area (Å²) < 4.78 is 20.5. The molecule has 1 spiro atoms. The van der Waals surface area contributed by atoms with E-state index in [4.69, 9.17) is 4.74 Å². The molecule has 3 aromatic rings. The molecule has 3 heterocycles. The van der Waals surface area contributed by atoms with Crippen LogP contribution in [0.5, 0.6) is 0 Å². The van der Waals surface area contributed by atoms with Crippen LogP contribution in [0, 0.1) is 12.7 Å². The first kappa shape index (κ1) is 25.5. The summed E-state index contributed by atoms with van der Waals surface area (Å²) in [5.74, 6) is -1.61. The summed E-state index contributed by atoms with van der Waals surface area (Å²) in [6.45, 7) is 2.62. The molecule has 0 aliphatic carbocycles. The Morgan fingerprint density at radius 2 is 1.66 bits per heavy atom. The Kier molecular flexibility index (Phi) is 7.20. The van der Waals surface area contributed by atoms with Crippen LogP contribution in [0.2, 0.25) is 0 Å². The average molecular weight is 517 g/mol. The van der Waals surface area contributed by atoms with Gasteiger partial charge in [-0.1, -0.05) is 36.4 Å². The fourth-order valence-electron chi connectivity index (χ4n) is 5.17. The van der Waals surface area contributed by atoms with Gasteiger partial charge in [0.15, 0.2) is 0 Å². The Hall–Kier alpha value is -4.11. The number of piperidine rings is 1. The summed E-state index contributed by atoms with van der Waals surface area (Å²) >= 11 is 0. The lowest BCUT2D eigenvalue weighted by atomic mass is 9.95. The highest BCUT2D eigenvalue weighted by atomic mass is 19.1. The zero-order chi connectivity index (χ0) is 26.7. The van der Waals surface area contributed by atoms with Crippen molar-refractivity contribution < 1.29 is 23.5 Å².